The largest absolute Gasteiger partial charge is 0.436 e. The Morgan fingerprint density at radius 2 is 1.93 bits per heavy atom. The van der Waals surface area contributed by atoms with Gasteiger partial charge in [-0.25, -0.2) is 4.79 Å². The number of morpholine rings is 1. The summed E-state index contributed by atoms with van der Waals surface area (Å²) in [5, 5.41) is 6.00. The highest BCUT2D eigenvalue weighted by molar-refractivity contribution is 5.95. The highest BCUT2D eigenvalue weighted by Gasteiger charge is 2.32. The van der Waals surface area contributed by atoms with Gasteiger partial charge >= 0.3 is 6.09 Å². The van der Waals surface area contributed by atoms with Gasteiger partial charge in [0.15, 0.2) is 6.10 Å². The Bertz CT molecular complexity index is 725. The summed E-state index contributed by atoms with van der Waals surface area (Å²) < 4.78 is 15.7. The lowest BCUT2D eigenvalue weighted by molar-refractivity contribution is -0.145. The van der Waals surface area contributed by atoms with Crippen LogP contribution in [0.4, 0.5) is 4.79 Å². The molecule has 1 aromatic rings. The molecule has 166 valence electrons. The van der Waals surface area contributed by atoms with Crippen LogP contribution in [-0.4, -0.2) is 71.8 Å². The molecule has 30 heavy (non-hydrogen) atoms. The van der Waals surface area contributed by atoms with Gasteiger partial charge in [0, 0.05) is 19.5 Å². The van der Waals surface area contributed by atoms with Gasteiger partial charge < -0.3 is 24.2 Å². The summed E-state index contributed by atoms with van der Waals surface area (Å²) in [6.07, 6.45) is 4.90. The molecule has 2 heterocycles. The van der Waals surface area contributed by atoms with E-state index in [1.807, 2.05) is 6.92 Å². The number of nitrogens with zero attached hydrogens (tertiary/aromatic N) is 3. The van der Waals surface area contributed by atoms with Crippen LogP contribution in [0, 0.1) is 5.92 Å². The number of carbonyl (C=O) groups is 3. The molecule has 3 rings (SSSR count). The first-order valence-electron chi connectivity index (χ1n) is 10.7. The number of rotatable bonds is 8. The highest BCUT2D eigenvalue weighted by Crippen LogP contribution is 2.28. The molecule has 10 nitrogen and oxygen atoms in total. The SMILES string of the molecule is CCc1nc(C(=O)CNC(=O)O[C@@H](CC2CCCCC2)C(=O)N2CCOCC2)no1. The maximum Gasteiger partial charge on any atom is 0.408 e. The van der Waals surface area contributed by atoms with Crippen LogP contribution in [-0.2, 0) is 20.7 Å². The highest BCUT2D eigenvalue weighted by atomic mass is 16.6. The summed E-state index contributed by atoms with van der Waals surface area (Å²) in [6, 6.07) is 0. The molecule has 1 aliphatic heterocycles. The Morgan fingerprint density at radius 1 is 1.20 bits per heavy atom. The summed E-state index contributed by atoms with van der Waals surface area (Å²) >= 11 is 0. The van der Waals surface area contributed by atoms with Gasteiger partial charge in [0.05, 0.1) is 19.8 Å². The third kappa shape index (κ3) is 6.25. The number of nitrogens with one attached hydrogen (secondary N) is 1. The van der Waals surface area contributed by atoms with Crippen LogP contribution in [0.25, 0.3) is 0 Å². The first kappa shape index (κ1) is 22.2. The molecule has 2 aliphatic rings. The average molecular weight is 422 g/mol. The van der Waals surface area contributed by atoms with Crippen molar-refractivity contribution in [1.29, 1.82) is 0 Å². The molecule has 0 aromatic carbocycles. The standard InChI is InChI=1S/C20H30N4O6/c1-2-17-22-18(23-30-17)15(25)13-21-20(27)29-16(12-14-6-4-3-5-7-14)19(26)24-8-10-28-11-9-24/h14,16H,2-13H2,1H3,(H,21,27)/t16-/m0/s1. The van der Waals surface area contributed by atoms with Gasteiger partial charge in [-0.15, -0.1) is 0 Å². The van der Waals surface area contributed by atoms with E-state index in [1.54, 1.807) is 4.90 Å². The van der Waals surface area contributed by atoms with E-state index in [1.165, 1.54) is 6.42 Å². The number of alkyl carbamates (subject to hydrolysis) is 1. The minimum absolute atomic E-state index is 0.0877. The number of ether oxygens (including phenoxy) is 2. The van der Waals surface area contributed by atoms with Crippen molar-refractivity contribution in [3.05, 3.63) is 11.7 Å². The van der Waals surface area contributed by atoms with Crippen molar-refractivity contribution in [2.45, 2.75) is 58.0 Å². The van der Waals surface area contributed by atoms with E-state index in [0.29, 0.717) is 51.0 Å². The van der Waals surface area contributed by atoms with Gasteiger partial charge in [-0.2, -0.15) is 4.98 Å². The molecule has 10 heteroatoms. The van der Waals surface area contributed by atoms with Crippen LogP contribution in [0.3, 0.4) is 0 Å². The summed E-state index contributed by atoms with van der Waals surface area (Å²) in [4.78, 5) is 43.0. The van der Waals surface area contributed by atoms with Crippen LogP contribution in [0.1, 0.15) is 62.0 Å². The van der Waals surface area contributed by atoms with Crippen molar-refractivity contribution < 1.29 is 28.4 Å². The molecule has 0 bridgehead atoms. The first-order valence-corrected chi connectivity index (χ1v) is 10.7. The second-order valence-corrected chi connectivity index (χ2v) is 7.71. The fourth-order valence-electron chi connectivity index (χ4n) is 3.83. The van der Waals surface area contributed by atoms with Crippen molar-refractivity contribution in [3.8, 4) is 0 Å². The second kappa shape index (κ2) is 11.1. The number of hydrogen-bond acceptors (Lipinski definition) is 8. The predicted molar refractivity (Wildman–Crippen MR) is 105 cm³/mol. The molecule has 1 atom stereocenters. The number of amides is 2. The molecular formula is C20H30N4O6. The predicted octanol–water partition coefficient (Wildman–Crippen LogP) is 1.74. The van der Waals surface area contributed by atoms with Crippen molar-refractivity contribution in [3.63, 3.8) is 0 Å². The Balaban J connectivity index is 1.55. The number of Topliss-reactive ketones (excluding diaryl/α,β-unsaturated/α-hetero) is 1. The van der Waals surface area contributed by atoms with Gasteiger partial charge in [0.25, 0.3) is 5.91 Å². The third-order valence-electron chi connectivity index (χ3n) is 5.53. The molecule has 1 saturated heterocycles. The van der Waals surface area contributed by atoms with E-state index in [4.69, 9.17) is 14.0 Å². The second-order valence-electron chi connectivity index (χ2n) is 7.71. The number of hydrogen-bond donors (Lipinski definition) is 1. The average Bonchev–Trinajstić information content (AvgIpc) is 3.27. The normalized spacial score (nSPS) is 18.6. The zero-order valence-electron chi connectivity index (χ0n) is 17.4. The van der Waals surface area contributed by atoms with Crippen molar-refractivity contribution in [2.75, 3.05) is 32.8 Å². The summed E-state index contributed by atoms with van der Waals surface area (Å²) in [7, 11) is 0. The van der Waals surface area contributed by atoms with Crippen molar-refractivity contribution in [2.24, 2.45) is 5.92 Å². The molecule has 1 N–H and O–H groups in total. The lowest BCUT2D eigenvalue weighted by Crippen LogP contribution is -2.48. The molecule has 2 amide bonds. The van der Waals surface area contributed by atoms with E-state index in [0.717, 1.165) is 25.7 Å². The summed E-state index contributed by atoms with van der Waals surface area (Å²) in [6.45, 7) is 3.43. The minimum atomic E-state index is -0.863. The summed E-state index contributed by atoms with van der Waals surface area (Å²) in [5.74, 6) is -0.0651. The smallest absolute Gasteiger partial charge is 0.408 e. The molecule has 0 radical (unpaired) electrons. The lowest BCUT2D eigenvalue weighted by atomic mass is 9.85. The maximum atomic E-state index is 13.0. The van der Waals surface area contributed by atoms with E-state index < -0.39 is 18.0 Å². The zero-order chi connectivity index (χ0) is 21.3. The Labute approximate surface area is 175 Å². The Morgan fingerprint density at radius 3 is 2.60 bits per heavy atom. The topological polar surface area (TPSA) is 124 Å². The van der Waals surface area contributed by atoms with Gasteiger partial charge in [0.2, 0.25) is 17.5 Å². The van der Waals surface area contributed by atoms with E-state index in [-0.39, 0.29) is 18.3 Å². The van der Waals surface area contributed by atoms with Crippen molar-refractivity contribution in [1.82, 2.24) is 20.4 Å². The van der Waals surface area contributed by atoms with Gasteiger partial charge in [-0.05, 0) is 12.3 Å². The van der Waals surface area contributed by atoms with Crippen LogP contribution in [0.5, 0.6) is 0 Å². The van der Waals surface area contributed by atoms with Crippen LogP contribution >= 0.6 is 0 Å². The lowest BCUT2D eigenvalue weighted by Gasteiger charge is -2.32. The number of aromatic nitrogens is 2. The van der Waals surface area contributed by atoms with Gasteiger partial charge in [-0.1, -0.05) is 44.2 Å². The Hall–Kier alpha value is -2.49. The fraction of sp³-hybridized carbons (Fsp3) is 0.750. The first-order chi connectivity index (χ1) is 14.6. The zero-order valence-corrected chi connectivity index (χ0v) is 17.4. The molecule has 2 fully saturated rings. The minimum Gasteiger partial charge on any atom is -0.436 e. The molecular weight excluding hydrogens is 392 g/mol. The number of carbonyl (C=O) groups excluding carboxylic acids is 3. The van der Waals surface area contributed by atoms with Crippen LogP contribution in [0.2, 0.25) is 0 Å². The molecule has 1 aromatic heterocycles. The maximum absolute atomic E-state index is 13.0. The molecule has 1 aliphatic carbocycles. The monoisotopic (exact) mass is 422 g/mol. The number of aryl methyl sites for hydroxylation is 1. The van der Waals surface area contributed by atoms with Gasteiger partial charge in [-0.3, -0.25) is 9.59 Å². The van der Waals surface area contributed by atoms with E-state index in [9.17, 15) is 14.4 Å². The summed E-state index contributed by atoms with van der Waals surface area (Å²) in [5.41, 5.74) is 0. The Kier molecular flexibility index (Phi) is 8.18. The van der Waals surface area contributed by atoms with Crippen LogP contribution in [0.15, 0.2) is 4.52 Å². The van der Waals surface area contributed by atoms with Crippen molar-refractivity contribution >= 4 is 17.8 Å². The van der Waals surface area contributed by atoms with Gasteiger partial charge in [0.1, 0.15) is 0 Å². The van der Waals surface area contributed by atoms with E-state index >= 15 is 0 Å². The van der Waals surface area contributed by atoms with E-state index in [2.05, 4.69) is 15.5 Å². The molecule has 0 spiro atoms. The number of ketones is 1. The third-order valence-corrected chi connectivity index (χ3v) is 5.53. The molecule has 0 unspecified atom stereocenters. The fourth-order valence-corrected chi connectivity index (χ4v) is 3.83. The quantitative estimate of drug-likeness (QED) is 0.628. The van der Waals surface area contributed by atoms with Crippen LogP contribution < -0.4 is 5.32 Å². The molecule has 1 saturated carbocycles.